The lowest BCUT2D eigenvalue weighted by atomic mass is 10.0. The molecular weight excluding hydrogens is 260 g/mol. The van der Waals surface area contributed by atoms with Gasteiger partial charge < -0.3 is 9.73 Å². The Morgan fingerprint density at radius 3 is 2.52 bits per heavy atom. The molecule has 0 bridgehead atoms. The molecule has 1 aliphatic heterocycles. The monoisotopic (exact) mass is 284 g/mol. The molecule has 0 atom stereocenters. The minimum atomic E-state index is 0.613. The van der Waals surface area contributed by atoms with E-state index in [0.29, 0.717) is 6.04 Å². The average molecular weight is 284 g/mol. The van der Waals surface area contributed by atoms with Gasteiger partial charge in [0.2, 0.25) is 0 Å². The maximum atomic E-state index is 5.60. The molecule has 0 aliphatic carbocycles. The van der Waals surface area contributed by atoms with Crippen LogP contribution >= 0.6 is 0 Å². The third kappa shape index (κ3) is 4.19. The maximum Gasteiger partial charge on any atom is 0.117 e. The summed E-state index contributed by atoms with van der Waals surface area (Å²) in [5, 5.41) is 3.62. The summed E-state index contributed by atoms with van der Waals surface area (Å²) >= 11 is 0. The largest absolute Gasteiger partial charge is 0.465 e. The number of aryl methyl sites for hydroxylation is 1. The fourth-order valence-electron chi connectivity index (χ4n) is 2.96. The van der Waals surface area contributed by atoms with E-state index in [-0.39, 0.29) is 0 Å². The Morgan fingerprint density at radius 1 is 1.10 bits per heavy atom. The van der Waals surface area contributed by atoms with Crippen molar-refractivity contribution in [2.45, 2.75) is 38.9 Å². The van der Waals surface area contributed by atoms with Crippen LogP contribution in [0.2, 0.25) is 0 Å². The van der Waals surface area contributed by atoms with Crippen molar-refractivity contribution < 1.29 is 4.42 Å². The summed E-state index contributed by atoms with van der Waals surface area (Å²) in [6.45, 7) is 6.25. The molecule has 3 rings (SSSR count). The van der Waals surface area contributed by atoms with E-state index in [1.54, 1.807) is 0 Å². The van der Waals surface area contributed by atoms with E-state index in [2.05, 4.69) is 46.6 Å². The van der Waals surface area contributed by atoms with Crippen molar-refractivity contribution in [3.8, 4) is 0 Å². The second-order valence-corrected chi connectivity index (χ2v) is 5.93. The third-order valence-corrected chi connectivity index (χ3v) is 4.20. The average Bonchev–Trinajstić information content (AvgIpc) is 2.93. The fraction of sp³-hybridized carbons (Fsp3) is 0.444. The molecule has 112 valence electrons. The highest BCUT2D eigenvalue weighted by atomic mass is 16.3. The maximum absolute atomic E-state index is 5.60. The molecule has 1 fully saturated rings. The Labute approximate surface area is 127 Å². The zero-order valence-corrected chi connectivity index (χ0v) is 12.7. The number of hydrogen-bond donors (Lipinski definition) is 1. The Bertz CT molecular complexity index is 541. The van der Waals surface area contributed by atoms with Gasteiger partial charge in [-0.2, -0.15) is 0 Å². The summed E-state index contributed by atoms with van der Waals surface area (Å²) < 4.78 is 5.60. The van der Waals surface area contributed by atoms with Crippen LogP contribution in [-0.4, -0.2) is 24.0 Å². The number of hydrogen-bond acceptors (Lipinski definition) is 3. The first-order chi connectivity index (χ1) is 10.3. The van der Waals surface area contributed by atoms with Gasteiger partial charge in [-0.25, -0.2) is 0 Å². The number of likely N-dealkylation sites (tertiary alicyclic amines) is 1. The number of rotatable bonds is 5. The van der Waals surface area contributed by atoms with E-state index < -0.39 is 0 Å². The van der Waals surface area contributed by atoms with Gasteiger partial charge in [0.05, 0.1) is 6.54 Å². The van der Waals surface area contributed by atoms with Crippen molar-refractivity contribution in [2.24, 2.45) is 0 Å². The van der Waals surface area contributed by atoms with Gasteiger partial charge in [-0.1, -0.05) is 30.3 Å². The van der Waals surface area contributed by atoms with Crippen LogP contribution in [0.15, 0.2) is 46.9 Å². The number of piperidine rings is 1. The van der Waals surface area contributed by atoms with Crippen molar-refractivity contribution in [3.05, 3.63) is 59.5 Å². The molecule has 3 nitrogen and oxygen atoms in total. The van der Waals surface area contributed by atoms with Crippen LogP contribution in [0.5, 0.6) is 0 Å². The lowest BCUT2D eigenvalue weighted by Gasteiger charge is -2.32. The number of nitrogens with zero attached hydrogens (tertiary/aromatic N) is 1. The van der Waals surface area contributed by atoms with Crippen molar-refractivity contribution in [2.75, 3.05) is 13.1 Å². The Kier molecular flexibility index (Phi) is 4.73. The van der Waals surface area contributed by atoms with Crippen molar-refractivity contribution in [1.29, 1.82) is 0 Å². The van der Waals surface area contributed by atoms with Gasteiger partial charge in [0, 0.05) is 12.6 Å². The quantitative estimate of drug-likeness (QED) is 0.913. The highest BCUT2D eigenvalue weighted by Crippen LogP contribution is 2.15. The molecule has 2 aromatic rings. The SMILES string of the molecule is Cc1ccc(CNC2CCN(Cc3ccccc3)CC2)o1. The lowest BCUT2D eigenvalue weighted by molar-refractivity contribution is 0.188. The molecule has 1 N–H and O–H groups in total. The van der Waals surface area contributed by atoms with Crippen LogP contribution in [-0.2, 0) is 13.1 Å². The van der Waals surface area contributed by atoms with Crippen LogP contribution in [0.25, 0.3) is 0 Å². The molecular formula is C18H24N2O. The first-order valence-electron chi connectivity index (χ1n) is 7.84. The second kappa shape index (κ2) is 6.92. The highest BCUT2D eigenvalue weighted by molar-refractivity contribution is 5.14. The fourth-order valence-corrected chi connectivity index (χ4v) is 2.96. The van der Waals surface area contributed by atoms with E-state index in [1.807, 2.05) is 13.0 Å². The van der Waals surface area contributed by atoms with Gasteiger partial charge in [-0.3, -0.25) is 4.90 Å². The van der Waals surface area contributed by atoms with Gasteiger partial charge in [0.15, 0.2) is 0 Å². The molecule has 2 heterocycles. The summed E-state index contributed by atoms with van der Waals surface area (Å²) in [4.78, 5) is 2.55. The normalized spacial score (nSPS) is 17.2. The number of benzene rings is 1. The standard InChI is InChI=1S/C18H24N2O/c1-15-7-8-18(21-15)13-19-17-9-11-20(12-10-17)14-16-5-3-2-4-6-16/h2-8,17,19H,9-14H2,1H3. The van der Waals surface area contributed by atoms with Crippen LogP contribution in [0, 0.1) is 6.92 Å². The van der Waals surface area contributed by atoms with Gasteiger partial charge in [0.1, 0.15) is 11.5 Å². The summed E-state index contributed by atoms with van der Waals surface area (Å²) in [7, 11) is 0. The third-order valence-electron chi connectivity index (χ3n) is 4.20. The second-order valence-electron chi connectivity index (χ2n) is 5.93. The molecule has 0 saturated carbocycles. The van der Waals surface area contributed by atoms with E-state index >= 15 is 0 Å². The van der Waals surface area contributed by atoms with E-state index in [4.69, 9.17) is 4.42 Å². The van der Waals surface area contributed by atoms with Gasteiger partial charge in [-0.05, 0) is 50.6 Å². The van der Waals surface area contributed by atoms with E-state index in [1.165, 1.54) is 31.5 Å². The first kappa shape index (κ1) is 14.4. The predicted octanol–water partition coefficient (Wildman–Crippen LogP) is 3.34. The molecule has 1 aliphatic rings. The summed E-state index contributed by atoms with van der Waals surface area (Å²) in [5.74, 6) is 2.03. The Hall–Kier alpha value is -1.58. The minimum Gasteiger partial charge on any atom is -0.465 e. The zero-order valence-electron chi connectivity index (χ0n) is 12.7. The Balaban J connectivity index is 1.40. The molecule has 21 heavy (non-hydrogen) atoms. The van der Waals surface area contributed by atoms with Crippen LogP contribution in [0.1, 0.15) is 29.9 Å². The number of nitrogens with one attached hydrogen (secondary N) is 1. The Morgan fingerprint density at radius 2 is 1.86 bits per heavy atom. The summed E-state index contributed by atoms with van der Waals surface area (Å²) in [6, 6.07) is 15.4. The van der Waals surface area contributed by atoms with Crippen molar-refractivity contribution >= 4 is 0 Å². The molecule has 1 aromatic carbocycles. The molecule has 0 radical (unpaired) electrons. The highest BCUT2D eigenvalue weighted by Gasteiger charge is 2.18. The summed E-state index contributed by atoms with van der Waals surface area (Å²) in [5.41, 5.74) is 1.41. The van der Waals surface area contributed by atoms with Crippen LogP contribution in [0.3, 0.4) is 0 Å². The van der Waals surface area contributed by atoms with Gasteiger partial charge in [-0.15, -0.1) is 0 Å². The molecule has 0 spiro atoms. The topological polar surface area (TPSA) is 28.4 Å². The summed E-state index contributed by atoms with van der Waals surface area (Å²) in [6.07, 6.45) is 2.43. The molecule has 0 amide bonds. The van der Waals surface area contributed by atoms with Crippen molar-refractivity contribution in [1.82, 2.24) is 10.2 Å². The predicted molar refractivity (Wildman–Crippen MR) is 85.0 cm³/mol. The molecule has 0 unspecified atom stereocenters. The lowest BCUT2D eigenvalue weighted by Crippen LogP contribution is -2.41. The minimum absolute atomic E-state index is 0.613. The van der Waals surface area contributed by atoms with E-state index in [9.17, 15) is 0 Å². The van der Waals surface area contributed by atoms with E-state index in [0.717, 1.165) is 24.6 Å². The van der Waals surface area contributed by atoms with Gasteiger partial charge in [0.25, 0.3) is 0 Å². The first-order valence-corrected chi connectivity index (χ1v) is 7.84. The molecule has 1 saturated heterocycles. The van der Waals surface area contributed by atoms with Crippen LogP contribution in [0.4, 0.5) is 0 Å². The van der Waals surface area contributed by atoms with Gasteiger partial charge >= 0.3 is 0 Å². The zero-order chi connectivity index (χ0) is 14.5. The molecule has 1 aromatic heterocycles. The molecule has 3 heteroatoms. The van der Waals surface area contributed by atoms with Crippen LogP contribution < -0.4 is 5.32 Å². The smallest absolute Gasteiger partial charge is 0.117 e. The van der Waals surface area contributed by atoms with Crippen molar-refractivity contribution in [3.63, 3.8) is 0 Å². The number of furan rings is 1.